The molecule has 0 radical (unpaired) electrons. The number of nitrogens with zero attached hydrogens (tertiary/aromatic N) is 2. The molecular formula is C81H72N2S. The Bertz CT molecular complexity index is 4580. The minimum absolute atomic E-state index is 0.0865. The molecule has 6 aliphatic rings. The van der Waals surface area contributed by atoms with Gasteiger partial charge in [0.1, 0.15) is 0 Å². The molecule has 0 saturated heterocycles. The predicted molar refractivity (Wildman–Crippen MR) is 357 cm³/mol. The quantitative estimate of drug-likeness (QED) is 0.164. The largest absolute Gasteiger partial charge is 0.310 e. The van der Waals surface area contributed by atoms with Crippen LogP contribution in [0.5, 0.6) is 0 Å². The molecule has 11 aromatic rings. The van der Waals surface area contributed by atoms with Gasteiger partial charge in [0.25, 0.3) is 0 Å². The van der Waals surface area contributed by atoms with E-state index in [9.17, 15) is 0 Å². The molecule has 84 heavy (non-hydrogen) atoms. The molecule has 1 fully saturated rings. The second kappa shape index (κ2) is 17.1. The van der Waals surface area contributed by atoms with Gasteiger partial charge in [-0.1, -0.05) is 203 Å². The number of thiophene rings is 1. The maximum atomic E-state index is 2.69. The zero-order chi connectivity index (χ0) is 57.1. The summed E-state index contributed by atoms with van der Waals surface area (Å²) < 4.78 is 2.69. The molecule has 0 spiro atoms. The minimum Gasteiger partial charge on any atom is -0.310 e. The molecule has 0 bridgehead atoms. The van der Waals surface area contributed by atoms with E-state index in [1.54, 1.807) is 11.1 Å². The molecule has 0 aliphatic heterocycles. The summed E-state index contributed by atoms with van der Waals surface area (Å²) in [6, 6.07) is 76.1. The first-order valence-electron chi connectivity index (χ1n) is 31.1. The lowest BCUT2D eigenvalue weighted by Crippen LogP contribution is -2.28. The van der Waals surface area contributed by atoms with Gasteiger partial charge >= 0.3 is 0 Å². The van der Waals surface area contributed by atoms with E-state index in [2.05, 4.69) is 273 Å². The summed E-state index contributed by atoms with van der Waals surface area (Å²) in [6.07, 6.45) is 5.28. The van der Waals surface area contributed by atoms with Crippen molar-refractivity contribution in [2.24, 2.45) is 5.92 Å². The number of hydrogen-bond acceptors (Lipinski definition) is 3. The van der Waals surface area contributed by atoms with Gasteiger partial charge in [-0.3, -0.25) is 0 Å². The lowest BCUT2D eigenvalue weighted by Gasteiger charge is -2.35. The van der Waals surface area contributed by atoms with Gasteiger partial charge in [-0.2, -0.15) is 0 Å². The van der Waals surface area contributed by atoms with Crippen LogP contribution in [0.4, 0.5) is 34.1 Å². The average molecular weight is 1110 g/mol. The van der Waals surface area contributed by atoms with E-state index in [1.807, 2.05) is 11.3 Å². The van der Waals surface area contributed by atoms with E-state index in [-0.39, 0.29) is 27.1 Å². The minimum atomic E-state index is -0.350. The predicted octanol–water partition coefficient (Wildman–Crippen LogP) is 22.8. The third kappa shape index (κ3) is 6.63. The Kier molecular flexibility index (Phi) is 10.3. The lowest BCUT2D eigenvalue weighted by atomic mass is 9.70. The van der Waals surface area contributed by atoms with E-state index in [0.717, 1.165) is 0 Å². The molecule has 2 atom stereocenters. The van der Waals surface area contributed by atoms with Crippen LogP contribution in [0.25, 0.3) is 64.7 Å². The van der Waals surface area contributed by atoms with Crippen LogP contribution in [0.2, 0.25) is 0 Å². The van der Waals surface area contributed by atoms with E-state index < -0.39 is 0 Å². The van der Waals surface area contributed by atoms with Crippen LogP contribution >= 0.6 is 11.3 Å². The van der Waals surface area contributed by atoms with Gasteiger partial charge < -0.3 is 9.80 Å². The van der Waals surface area contributed by atoms with Crippen molar-refractivity contribution in [1.29, 1.82) is 0 Å². The Labute approximate surface area is 500 Å². The van der Waals surface area contributed by atoms with E-state index >= 15 is 0 Å². The van der Waals surface area contributed by atoms with Gasteiger partial charge in [-0.05, 0) is 197 Å². The standard InChI is InChI=1S/C81H72N2S/c1-77(2)62-26-16-11-21-52(62)56-36-31-47(41-66(56)77)82(48-32-37-57-53-22-12-17-27-63(53)78(3,4)67(57)42-48)49-35-40-60-70(43-49)81(9,10)71-46-72(75-61-25-15-20-30-73(61)84-76(75)74(60)71)83(50-33-38-58-54-23-13-18-28-64(54)79(5,6)68(58)44-50)51-34-39-59-55-24-14-19-29-65(55)80(7,8)69(59)45-51/h11-13,15-18,20-23,25-28,30-46,55,65H,14,19,24,29H2,1-10H3. The summed E-state index contributed by atoms with van der Waals surface area (Å²) in [5, 5.41) is 2.66. The van der Waals surface area contributed by atoms with Crippen LogP contribution in [-0.2, 0) is 27.1 Å². The molecule has 17 rings (SSSR count). The van der Waals surface area contributed by atoms with Crippen molar-refractivity contribution < 1.29 is 0 Å². The Balaban J connectivity index is 0.878. The van der Waals surface area contributed by atoms with Crippen LogP contribution in [0.15, 0.2) is 194 Å². The first kappa shape index (κ1) is 50.5. The lowest BCUT2D eigenvalue weighted by molar-refractivity contribution is 0.233. The first-order valence-corrected chi connectivity index (χ1v) is 31.9. The third-order valence-electron chi connectivity index (χ3n) is 22.3. The highest BCUT2D eigenvalue weighted by molar-refractivity contribution is 7.26. The van der Waals surface area contributed by atoms with Crippen molar-refractivity contribution >= 4 is 65.6 Å². The second-order valence-electron chi connectivity index (χ2n) is 28.3. The van der Waals surface area contributed by atoms with Gasteiger partial charge in [-0.25, -0.2) is 0 Å². The number of hydrogen-bond donors (Lipinski definition) is 0. The fourth-order valence-electron chi connectivity index (χ4n) is 17.9. The normalized spacial score (nSPS) is 19.4. The highest BCUT2D eigenvalue weighted by Crippen LogP contribution is 2.62. The third-order valence-corrected chi connectivity index (χ3v) is 23.5. The van der Waals surface area contributed by atoms with Crippen LogP contribution in [-0.4, -0.2) is 0 Å². The highest BCUT2D eigenvalue weighted by Gasteiger charge is 2.48. The SMILES string of the molecule is CC1(C)c2ccccc2-c2ccc(N(c3ccc4c(c3)C(C)(C)c3ccccc3-4)c3ccc4c(c3)C(C)(C)c3cc(N(c5ccc6c(c5)C(C)(C)c5ccccc5-6)c5ccc6c(c5)C(C)(C)C5CCCCC65)c5c(sc6ccccc65)c3-4)cc21. The molecular weight excluding hydrogens is 1030 g/mol. The molecule has 412 valence electrons. The summed E-state index contributed by atoms with van der Waals surface area (Å²) in [6.45, 7) is 24.6. The Morgan fingerprint density at radius 1 is 0.357 bits per heavy atom. The molecule has 1 aromatic heterocycles. The van der Waals surface area contributed by atoms with Crippen LogP contribution in [0.1, 0.15) is 156 Å². The van der Waals surface area contributed by atoms with Gasteiger partial charge in [0.15, 0.2) is 0 Å². The van der Waals surface area contributed by atoms with Crippen LogP contribution in [0.3, 0.4) is 0 Å². The molecule has 3 heteroatoms. The van der Waals surface area contributed by atoms with Crippen molar-refractivity contribution in [2.45, 2.75) is 128 Å². The average Bonchev–Trinajstić information content (AvgIpc) is 1.60. The summed E-state index contributed by atoms with van der Waals surface area (Å²) in [4.78, 5) is 5.26. The monoisotopic (exact) mass is 1100 g/mol. The fourth-order valence-corrected chi connectivity index (χ4v) is 19.2. The van der Waals surface area contributed by atoms with Gasteiger partial charge in [-0.15, -0.1) is 11.3 Å². The second-order valence-corrected chi connectivity index (χ2v) is 29.4. The van der Waals surface area contributed by atoms with E-state index in [1.165, 1.54) is 169 Å². The fraction of sp³-hybridized carbons (Fsp3) is 0.259. The molecule has 2 nitrogen and oxygen atoms in total. The van der Waals surface area contributed by atoms with Crippen molar-refractivity contribution in [3.8, 4) is 44.5 Å². The van der Waals surface area contributed by atoms with E-state index in [0.29, 0.717) is 11.8 Å². The highest BCUT2D eigenvalue weighted by atomic mass is 32.1. The molecule has 10 aromatic carbocycles. The zero-order valence-corrected chi connectivity index (χ0v) is 51.1. The van der Waals surface area contributed by atoms with Gasteiger partial charge in [0.05, 0.1) is 5.69 Å². The molecule has 2 unspecified atom stereocenters. The van der Waals surface area contributed by atoms with Crippen LogP contribution < -0.4 is 9.80 Å². The molecule has 1 heterocycles. The van der Waals surface area contributed by atoms with Crippen molar-refractivity contribution in [3.05, 3.63) is 250 Å². The number of benzene rings is 10. The number of rotatable bonds is 6. The topological polar surface area (TPSA) is 6.48 Å². The Morgan fingerprint density at radius 2 is 0.762 bits per heavy atom. The number of anilines is 6. The molecule has 0 N–H and O–H groups in total. The molecule has 1 saturated carbocycles. The summed E-state index contributed by atoms with van der Waals surface area (Å²) in [7, 11) is 0. The van der Waals surface area contributed by atoms with Crippen LogP contribution in [0, 0.1) is 5.92 Å². The number of fused-ring (bicyclic) bond motifs is 19. The smallest absolute Gasteiger partial charge is 0.0558 e. The summed E-state index contributed by atoms with van der Waals surface area (Å²) in [5.74, 6) is 1.31. The first-order chi connectivity index (χ1) is 40.4. The Hall–Kier alpha value is -7.98. The summed E-state index contributed by atoms with van der Waals surface area (Å²) in [5.41, 5.74) is 31.6. The summed E-state index contributed by atoms with van der Waals surface area (Å²) >= 11 is 1.98. The van der Waals surface area contributed by atoms with Gasteiger partial charge in [0.2, 0.25) is 0 Å². The van der Waals surface area contributed by atoms with E-state index in [4.69, 9.17) is 0 Å². The molecule has 0 amide bonds. The zero-order valence-electron chi connectivity index (χ0n) is 50.3. The maximum absolute atomic E-state index is 2.69. The maximum Gasteiger partial charge on any atom is 0.0558 e. The Morgan fingerprint density at radius 3 is 1.30 bits per heavy atom. The van der Waals surface area contributed by atoms with Crippen molar-refractivity contribution in [1.82, 2.24) is 0 Å². The van der Waals surface area contributed by atoms with Gasteiger partial charge in [0, 0.05) is 75.8 Å². The van der Waals surface area contributed by atoms with Crippen molar-refractivity contribution in [2.75, 3.05) is 9.80 Å². The van der Waals surface area contributed by atoms with Crippen molar-refractivity contribution in [3.63, 3.8) is 0 Å². The molecule has 6 aliphatic carbocycles.